The van der Waals surface area contributed by atoms with Crippen molar-refractivity contribution in [1.82, 2.24) is 10.2 Å². The van der Waals surface area contributed by atoms with Crippen LogP contribution in [0.3, 0.4) is 0 Å². The molecule has 1 aromatic rings. The van der Waals surface area contributed by atoms with Gasteiger partial charge in [-0.2, -0.15) is 0 Å². The third-order valence-electron chi connectivity index (χ3n) is 3.48. The summed E-state index contributed by atoms with van der Waals surface area (Å²) in [5.41, 5.74) is 0.904. The molecule has 0 aromatic heterocycles. The molecule has 1 aliphatic heterocycles. The molecule has 1 aromatic carbocycles. The van der Waals surface area contributed by atoms with Gasteiger partial charge in [-0.05, 0) is 24.6 Å². The number of amides is 1. The Morgan fingerprint density at radius 2 is 2.16 bits per heavy atom. The molecular formula is C14H19FN2O2. The highest BCUT2D eigenvalue weighted by Crippen LogP contribution is 2.20. The van der Waals surface area contributed by atoms with Gasteiger partial charge < -0.3 is 15.0 Å². The van der Waals surface area contributed by atoms with E-state index in [1.807, 2.05) is 6.92 Å². The van der Waals surface area contributed by atoms with Crippen LogP contribution in [0, 0.1) is 5.82 Å². The average Bonchev–Trinajstić information content (AvgIpc) is 2.46. The quantitative estimate of drug-likeness (QED) is 0.897. The highest BCUT2D eigenvalue weighted by atomic mass is 19.1. The number of carbonyl (C=O) groups is 1. The molecule has 1 N–H and O–H groups in total. The van der Waals surface area contributed by atoms with Crippen molar-refractivity contribution in [3.63, 3.8) is 0 Å². The first-order valence-corrected chi connectivity index (χ1v) is 6.44. The van der Waals surface area contributed by atoms with Crippen LogP contribution in [0.2, 0.25) is 0 Å². The van der Waals surface area contributed by atoms with Gasteiger partial charge in [-0.15, -0.1) is 0 Å². The average molecular weight is 266 g/mol. The van der Waals surface area contributed by atoms with Crippen LogP contribution in [0.15, 0.2) is 24.3 Å². The molecule has 1 saturated heterocycles. The minimum absolute atomic E-state index is 0.0518. The van der Waals surface area contributed by atoms with Crippen LogP contribution in [0.25, 0.3) is 0 Å². The normalized spacial score (nSPS) is 20.9. The number of nitrogens with zero attached hydrogens (tertiary/aromatic N) is 1. The summed E-state index contributed by atoms with van der Waals surface area (Å²) in [5, 5.41) is 3.13. The van der Waals surface area contributed by atoms with Crippen molar-refractivity contribution in [2.45, 2.75) is 19.1 Å². The first-order chi connectivity index (χ1) is 9.09. The molecule has 0 radical (unpaired) electrons. The van der Waals surface area contributed by atoms with Crippen LogP contribution in [0.5, 0.6) is 0 Å². The molecule has 2 atom stereocenters. The molecule has 2 rings (SSSR count). The Labute approximate surface area is 112 Å². The minimum atomic E-state index is -0.429. The van der Waals surface area contributed by atoms with Gasteiger partial charge >= 0.3 is 0 Å². The van der Waals surface area contributed by atoms with E-state index in [1.54, 1.807) is 24.1 Å². The summed E-state index contributed by atoms with van der Waals surface area (Å²) in [6.45, 7) is 3.79. The fourth-order valence-electron chi connectivity index (χ4n) is 2.11. The van der Waals surface area contributed by atoms with Gasteiger partial charge in [0.05, 0.1) is 12.6 Å². The van der Waals surface area contributed by atoms with Crippen molar-refractivity contribution >= 4 is 5.91 Å². The van der Waals surface area contributed by atoms with Crippen molar-refractivity contribution in [2.24, 2.45) is 0 Å². The lowest BCUT2D eigenvalue weighted by Crippen LogP contribution is -2.48. The second-order valence-electron chi connectivity index (χ2n) is 4.74. The van der Waals surface area contributed by atoms with E-state index in [9.17, 15) is 9.18 Å². The van der Waals surface area contributed by atoms with Crippen LogP contribution < -0.4 is 5.32 Å². The van der Waals surface area contributed by atoms with E-state index in [0.717, 1.165) is 12.1 Å². The molecule has 1 fully saturated rings. The van der Waals surface area contributed by atoms with E-state index in [2.05, 4.69) is 5.32 Å². The van der Waals surface area contributed by atoms with Crippen molar-refractivity contribution in [3.8, 4) is 0 Å². The number of rotatable bonds is 3. The van der Waals surface area contributed by atoms with Gasteiger partial charge in [0.15, 0.2) is 0 Å². The van der Waals surface area contributed by atoms with Crippen molar-refractivity contribution < 1.29 is 13.9 Å². The largest absolute Gasteiger partial charge is 0.366 e. The summed E-state index contributed by atoms with van der Waals surface area (Å²) in [6, 6.07) is 6.10. The topological polar surface area (TPSA) is 41.6 Å². The molecule has 19 heavy (non-hydrogen) atoms. The maximum absolute atomic E-state index is 12.9. The molecule has 0 bridgehead atoms. The molecule has 104 valence electrons. The number of carbonyl (C=O) groups excluding carboxylic acids is 1. The zero-order chi connectivity index (χ0) is 13.8. The summed E-state index contributed by atoms with van der Waals surface area (Å²) in [4.78, 5) is 13.9. The molecule has 0 aliphatic carbocycles. The third kappa shape index (κ3) is 3.30. The number of benzene rings is 1. The highest BCUT2D eigenvalue weighted by molar-refractivity contribution is 5.81. The maximum atomic E-state index is 12.9. The number of ether oxygens (including phenoxy) is 1. The Morgan fingerprint density at radius 1 is 1.47 bits per heavy atom. The number of morpholine rings is 1. The lowest BCUT2D eigenvalue weighted by molar-refractivity contribution is -0.145. The number of likely N-dealkylation sites (N-methyl/N-ethyl adjacent to an activating group) is 1. The van der Waals surface area contributed by atoms with Gasteiger partial charge in [0.25, 0.3) is 5.91 Å². The molecule has 5 heteroatoms. The summed E-state index contributed by atoms with van der Waals surface area (Å²) in [5.74, 6) is -0.325. The second kappa shape index (κ2) is 6.12. The fourth-order valence-corrected chi connectivity index (χ4v) is 2.11. The highest BCUT2D eigenvalue weighted by Gasteiger charge is 2.27. The lowest BCUT2D eigenvalue weighted by Gasteiger charge is -2.31. The van der Waals surface area contributed by atoms with Gasteiger partial charge in [0.1, 0.15) is 11.9 Å². The molecule has 0 saturated carbocycles. The van der Waals surface area contributed by atoms with Crippen molar-refractivity contribution in [2.75, 3.05) is 26.7 Å². The molecule has 0 spiro atoms. The standard InChI is InChI=1S/C14H19FN2O2/c1-10(11-3-5-12(15)6-4-11)17(2)14(18)13-9-16-7-8-19-13/h3-6,10,13,16H,7-9H2,1-2H3. The monoisotopic (exact) mass is 266 g/mol. The summed E-state index contributed by atoms with van der Waals surface area (Å²) < 4.78 is 18.3. The van der Waals surface area contributed by atoms with Gasteiger partial charge in [0.2, 0.25) is 0 Å². The zero-order valence-electron chi connectivity index (χ0n) is 11.2. The minimum Gasteiger partial charge on any atom is -0.366 e. The first-order valence-electron chi connectivity index (χ1n) is 6.44. The predicted molar refractivity (Wildman–Crippen MR) is 70.2 cm³/mol. The Morgan fingerprint density at radius 3 is 2.74 bits per heavy atom. The number of hydrogen-bond acceptors (Lipinski definition) is 3. The SMILES string of the molecule is CC(c1ccc(F)cc1)N(C)C(=O)C1CNCCO1. The third-order valence-corrected chi connectivity index (χ3v) is 3.48. The number of nitrogens with one attached hydrogen (secondary N) is 1. The zero-order valence-corrected chi connectivity index (χ0v) is 11.2. The summed E-state index contributed by atoms with van der Waals surface area (Å²) in [7, 11) is 1.74. The molecule has 1 amide bonds. The van der Waals surface area contributed by atoms with Crippen LogP contribution in [0.4, 0.5) is 4.39 Å². The second-order valence-corrected chi connectivity index (χ2v) is 4.74. The van der Waals surface area contributed by atoms with Crippen LogP contribution in [0.1, 0.15) is 18.5 Å². The van der Waals surface area contributed by atoms with E-state index < -0.39 is 6.10 Å². The van der Waals surface area contributed by atoms with E-state index in [4.69, 9.17) is 4.74 Å². The lowest BCUT2D eigenvalue weighted by atomic mass is 10.1. The van der Waals surface area contributed by atoms with E-state index in [1.165, 1.54) is 12.1 Å². The number of halogens is 1. The molecule has 2 unspecified atom stereocenters. The van der Waals surface area contributed by atoms with Crippen molar-refractivity contribution in [1.29, 1.82) is 0 Å². The Kier molecular flexibility index (Phi) is 4.50. The molecule has 1 heterocycles. The van der Waals surface area contributed by atoms with E-state index >= 15 is 0 Å². The first kappa shape index (κ1) is 14.0. The van der Waals surface area contributed by atoms with Crippen LogP contribution in [-0.2, 0) is 9.53 Å². The fraction of sp³-hybridized carbons (Fsp3) is 0.500. The van der Waals surface area contributed by atoms with Gasteiger partial charge in [0, 0.05) is 20.1 Å². The van der Waals surface area contributed by atoms with Gasteiger partial charge in [-0.1, -0.05) is 12.1 Å². The van der Waals surface area contributed by atoms with Gasteiger partial charge in [-0.25, -0.2) is 4.39 Å². The van der Waals surface area contributed by atoms with Crippen LogP contribution >= 0.6 is 0 Å². The summed E-state index contributed by atoms with van der Waals surface area (Å²) in [6.07, 6.45) is -0.429. The smallest absolute Gasteiger partial charge is 0.253 e. The Bertz CT molecular complexity index is 430. The number of hydrogen-bond donors (Lipinski definition) is 1. The summed E-state index contributed by atoms with van der Waals surface area (Å²) >= 11 is 0. The Hall–Kier alpha value is -1.46. The van der Waals surface area contributed by atoms with Gasteiger partial charge in [-0.3, -0.25) is 4.79 Å². The predicted octanol–water partition coefficient (Wildman–Crippen LogP) is 1.33. The van der Waals surface area contributed by atoms with Crippen molar-refractivity contribution in [3.05, 3.63) is 35.6 Å². The van der Waals surface area contributed by atoms with E-state index in [-0.39, 0.29) is 17.8 Å². The maximum Gasteiger partial charge on any atom is 0.253 e. The molecular weight excluding hydrogens is 247 g/mol. The van der Waals surface area contributed by atoms with E-state index in [0.29, 0.717) is 13.2 Å². The Balaban J connectivity index is 2.03. The molecule has 1 aliphatic rings. The van der Waals surface area contributed by atoms with Crippen LogP contribution in [-0.4, -0.2) is 43.7 Å². The molecule has 4 nitrogen and oxygen atoms in total.